The first kappa shape index (κ1) is 18.7. The van der Waals surface area contributed by atoms with Crippen molar-refractivity contribution in [2.45, 2.75) is 38.3 Å². The van der Waals surface area contributed by atoms with Crippen LogP contribution in [-0.4, -0.2) is 58.9 Å². The first-order valence-corrected chi connectivity index (χ1v) is 9.80. The van der Waals surface area contributed by atoms with Crippen LogP contribution in [0.15, 0.2) is 30.6 Å². The van der Waals surface area contributed by atoms with Crippen molar-refractivity contribution in [1.29, 1.82) is 5.41 Å². The third-order valence-electron chi connectivity index (χ3n) is 5.80. The van der Waals surface area contributed by atoms with Gasteiger partial charge in [-0.1, -0.05) is 0 Å². The molecule has 0 spiro atoms. The van der Waals surface area contributed by atoms with Gasteiger partial charge in [0.1, 0.15) is 23.5 Å². The van der Waals surface area contributed by atoms with E-state index in [1.165, 1.54) is 6.33 Å². The van der Waals surface area contributed by atoms with Crippen LogP contribution >= 0.6 is 0 Å². The Kier molecular flexibility index (Phi) is 4.71. The zero-order valence-electron chi connectivity index (χ0n) is 16.8. The highest BCUT2D eigenvalue weighted by Crippen LogP contribution is 2.40. The van der Waals surface area contributed by atoms with Crippen molar-refractivity contribution in [3.8, 4) is 5.75 Å². The number of nitrogen functional groups attached to an aromatic ring is 1. The van der Waals surface area contributed by atoms with Gasteiger partial charge in [0.2, 0.25) is 0 Å². The lowest BCUT2D eigenvalue weighted by Crippen LogP contribution is -2.50. The van der Waals surface area contributed by atoms with Crippen LogP contribution in [0.25, 0.3) is 0 Å². The summed E-state index contributed by atoms with van der Waals surface area (Å²) in [5.74, 6) is 1.60. The highest BCUT2D eigenvalue weighted by molar-refractivity contribution is 6.13. The summed E-state index contributed by atoms with van der Waals surface area (Å²) in [6.07, 6.45) is 3.65. The lowest BCUT2D eigenvalue weighted by Gasteiger charge is -2.38. The molecule has 3 N–H and O–H groups in total. The Morgan fingerprint density at radius 2 is 2.04 bits per heavy atom. The van der Waals surface area contributed by atoms with E-state index < -0.39 is 0 Å². The summed E-state index contributed by atoms with van der Waals surface area (Å²) >= 11 is 0. The van der Waals surface area contributed by atoms with Gasteiger partial charge >= 0.3 is 0 Å². The number of aromatic nitrogens is 2. The smallest absolute Gasteiger partial charge is 0.132 e. The SMILES string of the molecule is C[C@@H]1CN(c2cc(C(=N)c3cc(OC4(C)CC4)ccc3N)ncn2)CCN1C. The third kappa shape index (κ3) is 3.80. The van der Waals surface area contributed by atoms with Gasteiger partial charge in [-0.05, 0) is 51.9 Å². The number of piperazine rings is 1. The minimum absolute atomic E-state index is 0.0736. The largest absolute Gasteiger partial charge is 0.488 e. The third-order valence-corrected chi connectivity index (χ3v) is 5.80. The van der Waals surface area contributed by atoms with E-state index in [0.717, 1.165) is 44.0 Å². The maximum atomic E-state index is 8.68. The minimum atomic E-state index is -0.0736. The number of anilines is 2. The van der Waals surface area contributed by atoms with Crippen LogP contribution in [0.4, 0.5) is 11.5 Å². The molecule has 4 rings (SSSR count). The normalized spacial score (nSPS) is 21.4. The van der Waals surface area contributed by atoms with Crippen LogP contribution < -0.4 is 15.4 Å². The summed E-state index contributed by atoms with van der Waals surface area (Å²) in [5.41, 5.74) is 8.13. The van der Waals surface area contributed by atoms with E-state index in [-0.39, 0.29) is 11.3 Å². The topological polar surface area (TPSA) is 91.4 Å². The molecule has 1 aromatic carbocycles. The highest BCUT2D eigenvalue weighted by atomic mass is 16.5. The fourth-order valence-corrected chi connectivity index (χ4v) is 3.43. The highest BCUT2D eigenvalue weighted by Gasteiger charge is 2.40. The van der Waals surface area contributed by atoms with Crippen molar-refractivity contribution in [2.75, 3.05) is 37.3 Å². The van der Waals surface area contributed by atoms with Crippen molar-refractivity contribution >= 4 is 17.2 Å². The molecule has 0 unspecified atom stereocenters. The van der Waals surface area contributed by atoms with Crippen molar-refractivity contribution in [1.82, 2.24) is 14.9 Å². The molecule has 2 aromatic rings. The van der Waals surface area contributed by atoms with Crippen molar-refractivity contribution in [2.24, 2.45) is 0 Å². The van der Waals surface area contributed by atoms with Gasteiger partial charge in [-0.15, -0.1) is 0 Å². The number of likely N-dealkylation sites (N-methyl/N-ethyl adjacent to an activating group) is 1. The number of benzene rings is 1. The zero-order valence-corrected chi connectivity index (χ0v) is 16.8. The van der Waals surface area contributed by atoms with Crippen LogP contribution in [0.1, 0.15) is 37.9 Å². The van der Waals surface area contributed by atoms with E-state index >= 15 is 0 Å². The number of hydrogen-bond donors (Lipinski definition) is 2. The van der Waals surface area contributed by atoms with E-state index in [2.05, 4.69) is 40.7 Å². The van der Waals surface area contributed by atoms with Gasteiger partial charge in [0.25, 0.3) is 0 Å². The molecule has 1 aromatic heterocycles. The van der Waals surface area contributed by atoms with Crippen molar-refractivity contribution in [3.63, 3.8) is 0 Å². The molecule has 1 atom stereocenters. The molecule has 2 aliphatic rings. The predicted molar refractivity (Wildman–Crippen MR) is 111 cm³/mol. The number of nitrogens with two attached hydrogens (primary N) is 1. The van der Waals surface area contributed by atoms with Gasteiger partial charge in [-0.25, -0.2) is 9.97 Å². The van der Waals surface area contributed by atoms with Crippen LogP contribution in [-0.2, 0) is 0 Å². The van der Waals surface area contributed by atoms with Gasteiger partial charge < -0.3 is 20.3 Å². The molecule has 148 valence electrons. The second-order valence-corrected chi connectivity index (χ2v) is 8.21. The maximum Gasteiger partial charge on any atom is 0.132 e. The van der Waals surface area contributed by atoms with Gasteiger partial charge in [0.05, 0.1) is 11.4 Å². The monoisotopic (exact) mass is 380 g/mol. The van der Waals surface area contributed by atoms with Crippen LogP contribution in [0.5, 0.6) is 5.75 Å². The van der Waals surface area contributed by atoms with Crippen LogP contribution in [0, 0.1) is 5.41 Å². The van der Waals surface area contributed by atoms with E-state index in [4.69, 9.17) is 15.9 Å². The molecular formula is C21H28N6O. The summed E-state index contributed by atoms with van der Waals surface area (Å²) in [6, 6.07) is 7.86. The predicted octanol–water partition coefficient (Wildman–Crippen LogP) is 2.55. The zero-order chi connectivity index (χ0) is 19.9. The van der Waals surface area contributed by atoms with E-state index in [1.807, 2.05) is 18.2 Å². The quantitative estimate of drug-likeness (QED) is 0.612. The first-order valence-electron chi connectivity index (χ1n) is 9.80. The molecule has 1 aliphatic carbocycles. The average Bonchev–Trinajstić information content (AvgIpc) is 3.42. The second-order valence-electron chi connectivity index (χ2n) is 8.21. The Hall–Kier alpha value is -2.67. The van der Waals surface area contributed by atoms with Gasteiger partial charge in [-0.2, -0.15) is 0 Å². The molecule has 2 fully saturated rings. The molecule has 7 nitrogen and oxygen atoms in total. The Morgan fingerprint density at radius 1 is 1.25 bits per heavy atom. The molecule has 1 aliphatic heterocycles. The molecule has 1 saturated heterocycles. The van der Waals surface area contributed by atoms with Crippen LogP contribution in [0.3, 0.4) is 0 Å². The number of nitrogens with zero attached hydrogens (tertiary/aromatic N) is 4. The Labute approximate surface area is 166 Å². The van der Waals surface area contributed by atoms with Gasteiger partial charge in [0.15, 0.2) is 0 Å². The van der Waals surface area contributed by atoms with Crippen LogP contribution in [0.2, 0.25) is 0 Å². The van der Waals surface area contributed by atoms with Crippen molar-refractivity contribution in [3.05, 3.63) is 41.9 Å². The first-order chi connectivity index (χ1) is 13.3. The lowest BCUT2D eigenvalue weighted by molar-refractivity contribution is 0.200. The Morgan fingerprint density at radius 3 is 2.75 bits per heavy atom. The van der Waals surface area contributed by atoms with E-state index in [1.54, 1.807) is 6.07 Å². The molecule has 7 heteroatoms. The molecule has 28 heavy (non-hydrogen) atoms. The standard InChI is InChI=1S/C21H28N6O/c1-14-12-27(9-8-26(14)3)19-11-18(24-13-25-19)20(23)16-10-15(4-5-17(16)22)28-21(2)6-7-21/h4-5,10-11,13-14,23H,6-9,12,22H2,1-3H3/t14-/m1/s1. The summed E-state index contributed by atoms with van der Waals surface area (Å²) in [4.78, 5) is 13.4. The summed E-state index contributed by atoms with van der Waals surface area (Å²) < 4.78 is 6.04. The Balaban J connectivity index is 1.57. The molecule has 0 amide bonds. The van der Waals surface area contributed by atoms with Gasteiger partial charge in [-0.3, -0.25) is 5.41 Å². The van der Waals surface area contributed by atoms with E-state index in [9.17, 15) is 0 Å². The summed E-state index contributed by atoms with van der Waals surface area (Å²) in [5, 5.41) is 8.68. The molecule has 0 bridgehead atoms. The molecular weight excluding hydrogens is 352 g/mol. The Bertz CT molecular complexity index is 894. The van der Waals surface area contributed by atoms with Crippen molar-refractivity contribution < 1.29 is 4.74 Å². The van der Waals surface area contributed by atoms with Gasteiger partial charge in [0, 0.05) is 43.0 Å². The second kappa shape index (κ2) is 7.05. The average molecular weight is 380 g/mol. The number of rotatable bonds is 5. The fourth-order valence-electron chi connectivity index (χ4n) is 3.43. The fraction of sp³-hybridized carbons (Fsp3) is 0.476. The molecule has 0 radical (unpaired) electrons. The molecule has 2 heterocycles. The maximum absolute atomic E-state index is 8.68. The molecule has 1 saturated carbocycles. The number of hydrogen-bond acceptors (Lipinski definition) is 7. The minimum Gasteiger partial charge on any atom is -0.488 e. The lowest BCUT2D eigenvalue weighted by atomic mass is 10.0. The summed E-state index contributed by atoms with van der Waals surface area (Å²) in [6.45, 7) is 7.12. The summed E-state index contributed by atoms with van der Waals surface area (Å²) in [7, 11) is 2.14. The van der Waals surface area contributed by atoms with E-state index in [0.29, 0.717) is 23.0 Å². The number of nitrogens with one attached hydrogen (secondary N) is 1. The number of ether oxygens (including phenoxy) is 1.